The van der Waals surface area contributed by atoms with Gasteiger partial charge in [-0.2, -0.15) is 5.10 Å². The van der Waals surface area contributed by atoms with Crippen molar-refractivity contribution in [3.8, 4) is 0 Å². The number of rotatable bonds is 4. The summed E-state index contributed by atoms with van der Waals surface area (Å²) in [6, 6.07) is 0.962. The van der Waals surface area contributed by atoms with Crippen LogP contribution in [-0.4, -0.2) is 30.8 Å². The molecule has 2 rings (SSSR count). The normalized spacial score (nSPS) is 10.3. The lowest BCUT2D eigenvalue weighted by molar-refractivity contribution is -0.385. The zero-order valence-corrected chi connectivity index (χ0v) is 10.7. The van der Waals surface area contributed by atoms with Crippen molar-refractivity contribution in [2.45, 2.75) is 6.92 Å². The second-order valence-electron chi connectivity index (χ2n) is 4.08. The lowest BCUT2D eigenvalue weighted by Gasteiger charge is -2.06. The molecule has 0 aliphatic rings. The number of aromatic nitrogens is 3. The Bertz CT molecular complexity index is 694. The molecule has 2 aromatic rings. The Kier molecular flexibility index (Phi) is 3.34. The minimum Gasteiger partial charge on any atom is -0.478 e. The summed E-state index contributed by atoms with van der Waals surface area (Å²) < 4.78 is 1.56. The third kappa shape index (κ3) is 2.55. The van der Waals surface area contributed by atoms with E-state index in [1.54, 1.807) is 24.9 Å². The summed E-state index contributed by atoms with van der Waals surface area (Å²) in [5.41, 5.74) is 0.582. The van der Waals surface area contributed by atoms with Crippen molar-refractivity contribution in [2.75, 3.05) is 5.32 Å². The smallest absolute Gasteiger partial charge is 0.339 e. The third-order valence-corrected chi connectivity index (χ3v) is 2.58. The van der Waals surface area contributed by atoms with Gasteiger partial charge >= 0.3 is 5.97 Å². The van der Waals surface area contributed by atoms with Crippen LogP contribution in [-0.2, 0) is 7.05 Å². The first kappa shape index (κ1) is 13.5. The number of anilines is 2. The molecule has 0 radical (unpaired) electrons. The maximum Gasteiger partial charge on any atom is 0.339 e. The number of hydrogen-bond acceptors (Lipinski definition) is 6. The van der Waals surface area contributed by atoms with Crippen LogP contribution < -0.4 is 5.32 Å². The highest BCUT2D eigenvalue weighted by atomic mass is 16.6. The minimum atomic E-state index is -1.30. The van der Waals surface area contributed by atoms with E-state index >= 15 is 0 Å². The van der Waals surface area contributed by atoms with Crippen LogP contribution >= 0.6 is 0 Å². The van der Waals surface area contributed by atoms with Crippen LogP contribution in [0.25, 0.3) is 0 Å². The van der Waals surface area contributed by atoms with Gasteiger partial charge in [-0.15, -0.1) is 0 Å². The molecule has 0 spiro atoms. The molecule has 2 aromatic heterocycles. The predicted octanol–water partition coefficient (Wildman–Crippen LogP) is 1.47. The van der Waals surface area contributed by atoms with Gasteiger partial charge in [0.2, 0.25) is 0 Å². The van der Waals surface area contributed by atoms with Crippen LogP contribution in [0.5, 0.6) is 0 Å². The molecule has 0 aromatic carbocycles. The highest BCUT2D eigenvalue weighted by molar-refractivity contribution is 5.94. The summed E-state index contributed by atoms with van der Waals surface area (Å²) in [6.07, 6.45) is 2.66. The Morgan fingerprint density at radius 2 is 2.25 bits per heavy atom. The summed E-state index contributed by atoms with van der Waals surface area (Å²) in [5, 5.41) is 26.7. The largest absolute Gasteiger partial charge is 0.478 e. The molecular formula is C11H11N5O4. The van der Waals surface area contributed by atoms with Crippen molar-refractivity contribution in [1.82, 2.24) is 14.8 Å². The fourth-order valence-electron chi connectivity index (χ4n) is 1.67. The molecule has 0 saturated carbocycles. The molecule has 0 fully saturated rings. The van der Waals surface area contributed by atoms with E-state index in [0.717, 1.165) is 12.3 Å². The maximum absolute atomic E-state index is 11.2. The van der Waals surface area contributed by atoms with E-state index < -0.39 is 10.9 Å². The first-order valence-electron chi connectivity index (χ1n) is 5.53. The maximum atomic E-state index is 11.2. The number of nitro groups is 1. The van der Waals surface area contributed by atoms with E-state index in [0.29, 0.717) is 11.4 Å². The average Bonchev–Trinajstić information content (AvgIpc) is 2.67. The fraction of sp³-hybridized carbons (Fsp3) is 0.182. The SMILES string of the molecule is Cc1nn(C)cc1Nc1ncc([N+](=O)[O-])cc1C(=O)O. The summed E-state index contributed by atoms with van der Waals surface area (Å²) in [5.74, 6) is -1.27. The highest BCUT2D eigenvalue weighted by Crippen LogP contribution is 2.24. The summed E-state index contributed by atoms with van der Waals surface area (Å²) >= 11 is 0. The summed E-state index contributed by atoms with van der Waals surface area (Å²) in [4.78, 5) is 24.9. The van der Waals surface area contributed by atoms with E-state index in [4.69, 9.17) is 5.11 Å². The number of pyridine rings is 1. The third-order valence-electron chi connectivity index (χ3n) is 2.58. The number of aromatic carboxylic acids is 1. The van der Waals surface area contributed by atoms with Gasteiger partial charge in [0, 0.05) is 19.3 Å². The van der Waals surface area contributed by atoms with E-state index in [-0.39, 0.29) is 17.1 Å². The Hall–Kier alpha value is -2.97. The van der Waals surface area contributed by atoms with Gasteiger partial charge in [-0.1, -0.05) is 0 Å². The van der Waals surface area contributed by atoms with Crippen molar-refractivity contribution in [3.05, 3.63) is 39.8 Å². The van der Waals surface area contributed by atoms with E-state index in [1.807, 2.05) is 0 Å². The van der Waals surface area contributed by atoms with Gasteiger partial charge in [0.25, 0.3) is 5.69 Å². The Morgan fingerprint density at radius 1 is 1.55 bits per heavy atom. The van der Waals surface area contributed by atoms with Crippen molar-refractivity contribution >= 4 is 23.2 Å². The Morgan fingerprint density at radius 3 is 2.75 bits per heavy atom. The molecule has 0 unspecified atom stereocenters. The second kappa shape index (κ2) is 4.96. The first-order chi connectivity index (χ1) is 9.38. The zero-order chi connectivity index (χ0) is 14.9. The molecule has 104 valence electrons. The van der Waals surface area contributed by atoms with Crippen LogP contribution in [0.2, 0.25) is 0 Å². The van der Waals surface area contributed by atoms with Crippen molar-refractivity contribution in [2.24, 2.45) is 7.05 Å². The Balaban J connectivity index is 2.43. The topological polar surface area (TPSA) is 123 Å². The van der Waals surface area contributed by atoms with Gasteiger partial charge in [0.1, 0.15) is 17.6 Å². The zero-order valence-electron chi connectivity index (χ0n) is 10.7. The number of hydrogen-bond donors (Lipinski definition) is 2. The molecule has 0 saturated heterocycles. The van der Waals surface area contributed by atoms with Gasteiger partial charge in [-0.3, -0.25) is 14.8 Å². The van der Waals surface area contributed by atoms with Gasteiger partial charge < -0.3 is 10.4 Å². The molecule has 2 heterocycles. The lowest BCUT2D eigenvalue weighted by Crippen LogP contribution is -2.06. The summed E-state index contributed by atoms with van der Waals surface area (Å²) in [6.45, 7) is 1.74. The number of carbonyl (C=O) groups is 1. The molecule has 0 aliphatic carbocycles. The predicted molar refractivity (Wildman–Crippen MR) is 69.1 cm³/mol. The Labute approximate surface area is 113 Å². The van der Waals surface area contributed by atoms with Crippen LogP contribution in [0.15, 0.2) is 18.5 Å². The van der Waals surface area contributed by atoms with Gasteiger partial charge in [0.05, 0.1) is 16.3 Å². The van der Waals surface area contributed by atoms with Crippen LogP contribution in [0, 0.1) is 17.0 Å². The number of nitrogens with zero attached hydrogens (tertiary/aromatic N) is 4. The van der Waals surface area contributed by atoms with Crippen molar-refractivity contribution in [1.29, 1.82) is 0 Å². The standard InChI is InChI=1S/C11H11N5O4/c1-6-9(5-15(2)14-6)13-10-8(11(17)18)3-7(4-12-10)16(19)20/h3-5H,1-2H3,(H,12,13)(H,17,18). The molecule has 0 amide bonds. The molecular weight excluding hydrogens is 266 g/mol. The molecule has 20 heavy (non-hydrogen) atoms. The van der Waals surface area contributed by atoms with Crippen LogP contribution in [0.4, 0.5) is 17.2 Å². The fourth-order valence-corrected chi connectivity index (χ4v) is 1.67. The first-order valence-corrected chi connectivity index (χ1v) is 5.53. The molecule has 0 bridgehead atoms. The monoisotopic (exact) mass is 277 g/mol. The quantitative estimate of drug-likeness (QED) is 0.640. The number of carboxylic acids is 1. The molecule has 0 atom stereocenters. The number of aryl methyl sites for hydroxylation is 2. The van der Waals surface area contributed by atoms with Gasteiger partial charge in [-0.05, 0) is 6.92 Å². The number of nitrogens with one attached hydrogen (secondary N) is 1. The molecule has 9 heteroatoms. The minimum absolute atomic E-state index is 0.0270. The van der Waals surface area contributed by atoms with Crippen molar-refractivity contribution in [3.63, 3.8) is 0 Å². The van der Waals surface area contributed by atoms with E-state index in [2.05, 4.69) is 15.4 Å². The molecule has 2 N–H and O–H groups in total. The van der Waals surface area contributed by atoms with Crippen LogP contribution in [0.3, 0.4) is 0 Å². The van der Waals surface area contributed by atoms with Gasteiger partial charge in [-0.25, -0.2) is 9.78 Å². The molecule has 9 nitrogen and oxygen atoms in total. The lowest BCUT2D eigenvalue weighted by atomic mass is 10.2. The number of carboxylic acid groups (broad SMARTS) is 1. The van der Waals surface area contributed by atoms with E-state index in [9.17, 15) is 14.9 Å². The van der Waals surface area contributed by atoms with Crippen LogP contribution in [0.1, 0.15) is 16.1 Å². The molecule has 0 aliphatic heterocycles. The summed E-state index contributed by atoms with van der Waals surface area (Å²) in [7, 11) is 1.72. The van der Waals surface area contributed by atoms with Gasteiger partial charge in [0.15, 0.2) is 0 Å². The van der Waals surface area contributed by atoms with E-state index in [1.165, 1.54) is 0 Å². The average molecular weight is 277 g/mol. The second-order valence-corrected chi connectivity index (χ2v) is 4.08. The van der Waals surface area contributed by atoms with Crippen molar-refractivity contribution < 1.29 is 14.8 Å². The highest BCUT2D eigenvalue weighted by Gasteiger charge is 2.18.